The smallest absolute Gasteiger partial charge is 0.256 e. The maximum Gasteiger partial charge on any atom is 0.256 e. The van der Waals surface area contributed by atoms with Crippen LogP contribution in [0.1, 0.15) is 15.9 Å². The van der Waals surface area contributed by atoms with Crippen molar-refractivity contribution in [2.24, 2.45) is 5.14 Å². The molecule has 28 heavy (non-hydrogen) atoms. The van der Waals surface area contributed by atoms with E-state index in [1.54, 1.807) is 24.3 Å². The number of anilines is 1. The van der Waals surface area contributed by atoms with Crippen LogP contribution in [0.25, 0.3) is 0 Å². The lowest BCUT2D eigenvalue weighted by Gasteiger charge is -2.10. The average molecular weight is 488 g/mol. The summed E-state index contributed by atoms with van der Waals surface area (Å²) in [7, 11) is -7.43. The second-order valence-corrected chi connectivity index (χ2v) is 9.96. The SMILES string of the molecule is C=CCNS(=O)(=O)Cc1ccc(NC(=O)c2cc(S(N)(=O)=O)ccc2Br)cc1. The molecule has 0 aromatic heterocycles. The first-order valence-electron chi connectivity index (χ1n) is 7.83. The van der Waals surface area contributed by atoms with E-state index in [1.807, 2.05) is 0 Å². The third kappa shape index (κ3) is 6.24. The number of hydrogen-bond donors (Lipinski definition) is 3. The summed E-state index contributed by atoms with van der Waals surface area (Å²) in [6.45, 7) is 3.59. The van der Waals surface area contributed by atoms with E-state index < -0.39 is 26.0 Å². The van der Waals surface area contributed by atoms with E-state index in [2.05, 4.69) is 32.5 Å². The largest absolute Gasteiger partial charge is 0.322 e. The Bertz CT molecular complexity index is 1100. The third-order valence-corrected chi connectivity index (χ3v) is 6.45. The van der Waals surface area contributed by atoms with Crippen LogP contribution >= 0.6 is 15.9 Å². The maximum atomic E-state index is 12.5. The molecule has 2 aromatic carbocycles. The Hall–Kier alpha value is -2.05. The summed E-state index contributed by atoms with van der Waals surface area (Å²) >= 11 is 3.20. The number of carbonyl (C=O) groups excluding carboxylic acids is 1. The van der Waals surface area contributed by atoms with Crippen molar-refractivity contribution >= 4 is 47.6 Å². The fraction of sp³-hybridized carbons (Fsp3) is 0.118. The quantitative estimate of drug-likeness (QED) is 0.488. The number of carbonyl (C=O) groups is 1. The van der Waals surface area contributed by atoms with Crippen LogP contribution in [0.3, 0.4) is 0 Å². The zero-order chi connectivity index (χ0) is 20.9. The summed E-state index contributed by atoms with van der Waals surface area (Å²) in [4.78, 5) is 12.3. The van der Waals surface area contributed by atoms with E-state index in [4.69, 9.17) is 5.14 Å². The van der Waals surface area contributed by atoms with E-state index in [0.29, 0.717) is 15.7 Å². The number of hydrogen-bond acceptors (Lipinski definition) is 5. The van der Waals surface area contributed by atoms with Crippen LogP contribution in [0, 0.1) is 0 Å². The van der Waals surface area contributed by atoms with E-state index in [1.165, 1.54) is 24.3 Å². The predicted octanol–water partition coefficient (Wildman–Crippen LogP) is 1.95. The first-order valence-corrected chi connectivity index (χ1v) is 11.8. The van der Waals surface area contributed by atoms with Gasteiger partial charge in [-0.2, -0.15) is 0 Å². The number of amides is 1. The number of benzene rings is 2. The minimum atomic E-state index is -3.95. The highest BCUT2D eigenvalue weighted by atomic mass is 79.9. The van der Waals surface area contributed by atoms with Gasteiger partial charge >= 0.3 is 0 Å². The Labute approximate surface area is 172 Å². The Balaban J connectivity index is 2.14. The second-order valence-electron chi connectivity index (χ2n) is 5.73. The van der Waals surface area contributed by atoms with Gasteiger partial charge < -0.3 is 5.32 Å². The Morgan fingerprint density at radius 2 is 1.75 bits per heavy atom. The van der Waals surface area contributed by atoms with Gasteiger partial charge in [-0.15, -0.1) is 6.58 Å². The lowest BCUT2D eigenvalue weighted by molar-refractivity contribution is 0.102. The van der Waals surface area contributed by atoms with Crippen molar-refractivity contribution in [1.29, 1.82) is 0 Å². The van der Waals surface area contributed by atoms with Gasteiger partial charge in [-0.3, -0.25) is 4.79 Å². The highest BCUT2D eigenvalue weighted by Crippen LogP contribution is 2.22. The Morgan fingerprint density at radius 1 is 1.11 bits per heavy atom. The summed E-state index contributed by atoms with van der Waals surface area (Å²) in [6, 6.07) is 10.1. The Kier molecular flexibility index (Phi) is 7.12. The summed E-state index contributed by atoms with van der Waals surface area (Å²) < 4.78 is 49.4. The van der Waals surface area contributed by atoms with E-state index >= 15 is 0 Å². The molecule has 0 aliphatic carbocycles. The van der Waals surface area contributed by atoms with Crippen molar-refractivity contribution in [2.75, 3.05) is 11.9 Å². The van der Waals surface area contributed by atoms with Gasteiger partial charge in [-0.05, 0) is 51.8 Å². The predicted molar refractivity (Wildman–Crippen MR) is 111 cm³/mol. The van der Waals surface area contributed by atoms with Crippen LogP contribution in [-0.4, -0.2) is 29.3 Å². The molecule has 11 heteroatoms. The van der Waals surface area contributed by atoms with Gasteiger partial charge in [0.15, 0.2) is 0 Å². The lowest BCUT2D eigenvalue weighted by Crippen LogP contribution is -2.25. The van der Waals surface area contributed by atoms with Gasteiger partial charge in [-0.1, -0.05) is 18.2 Å². The number of nitrogens with two attached hydrogens (primary N) is 1. The van der Waals surface area contributed by atoms with Crippen LogP contribution in [0.4, 0.5) is 5.69 Å². The first-order chi connectivity index (χ1) is 13.0. The van der Waals surface area contributed by atoms with Gasteiger partial charge in [0, 0.05) is 16.7 Å². The van der Waals surface area contributed by atoms with E-state index in [-0.39, 0.29) is 22.8 Å². The molecule has 0 heterocycles. The lowest BCUT2D eigenvalue weighted by atomic mass is 10.2. The van der Waals surface area contributed by atoms with Gasteiger partial charge in [0.1, 0.15) is 0 Å². The van der Waals surface area contributed by atoms with Crippen molar-refractivity contribution in [3.05, 3.63) is 70.7 Å². The maximum absolute atomic E-state index is 12.5. The van der Waals surface area contributed by atoms with Crippen molar-refractivity contribution in [3.8, 4) is 0 Å². The third-order valence-electron chi connectivity index (χ3n) is 3.53. The van der Waals surface area contributed by atoms with Gasteiger partial charge in [-0.25, -0.2) is 26.7 Å². The van der Waals surface area contributed by atoms with Gasteiger partial charge in [0.25, 0.3) is 5.91 Å². The molecule has 0 spiro atoms. The molecule has 1 amide bonds. The molecule has 2 rings (SSSR count). The molecule has 0 bridgehead atoms. The molecule has 0 saturated carbocycles. The number of nitrogens with one attached hydrogen (secondary N) is 2. The molecule has 150 valence electrons. The molecule has 4 N–H and O–H groups in total. The molecule has 2 aromatic rings. The van der Waals surface area contributed by atoms with Crippen molar-refractivity contribution in [2.45, 2.75) is 10.6 Å². The molecule has 0 aliphatic heterocycles. The second kappa shape index (κ2) is 8.97. The molecular weight excluding hydrogens is 470 g/mol. The summed E-state index contributed by atoms with van der Waals surface area (Å²) in [5.74, 6) is -0.762. The summed E-state index contributed by atoms with van der Waals surface area (Å²) in [5, 5.41) is 7.71. The normalized spacial score (nSPS) is 11.8. The van der Waals surface area contributed by atoms with E-state index in [0.717, 1.165) is 0 Å². The zero-order valence-electron chi connectivity index (χ0n) is 14.6. The molecule has 8 nitrogen and oxygen atoms in total. The number of rotatable bonds is 8. The molecule has 0 unspecified atom stereocenters. The van der Waals surface area contributed by atoms with Crippen LogP contribution in [0.15, 0.2) is 64.5 Å². The molecule has 0 atom stereocenters. The molecule has 0 fully saturated rings. The Morgan fingerprint density at radius 3 is 2.32 bits per heavy atom. The minimum absolute atomic E-state index is 0.0896. The van der Waals surface area contributed by atoms with Crippen LogP contribution in [0.5, 0.6) is 0 Å². The summed E-state index contributed by atoms with van der Waals surface area (Å²) in [6.07, 6.45) is 1.44. The number of primary sulfonamides is 1. The fourth-order valence-corrected chi connectivity index (χ4v) is 4.27. The number of sulfonamides is 2. The topological polar surface area (TPSA) is 135 Å². The van der Waals surface area contributed by atoms with E-state index in [9.17, 15) is 21.6 Å². The van der Waals surface area contributed by atoms with Crippen LogP contribution in [-0.2, 0) is 25.8 Å². The molecule has 0 saturated heterocycles. The first kappa shape index (κ1) is 22.2. The monoisotopic (exact) mass is 487 g/mol. The molecule has 0 aliphatic rings. The van der Waals surface area contributed by atoms with Crippen molar-refractivity contribution < 1.29 is 21.6 Å². The summed E-state index contributed by atoms with van der Waals surface area (Å²) in [5.41, 5.74) is 1.04. The van der Waals surface area contributed by atoms with Crippen molar-refractivity contribution in [1.82, 2.24) is 4.72 Å². The van der Waals surface area contributed by atoms with Crippen LogP contribution in [0.2, 0.25) is 0 Å². The molecular formula is C17H18BrN3O5S2. The highest BCUT2D eigenvalue weighted by molar-refractivity contribution is 9.10. The van der Waals surface area contributed by atoms with Crippen LogP contribution < -0.4 is 15.2 Å². The number of halogens is 1. The zero-order valence-corrected chi connectivity index (χ0v) is 17.8. The minimum Gasteiger partial charge on any atom is -0.322 e. The van der Waals surface area contributed by atoms with Gasteiger partial charge in [0.2, 0.25) is 20.0 Å². The highest BCUT2D eigenvalue weighted by Gasteiger charge is 2.16. The average Bonchev–Trinajstić information content (AvgIpc) is 2.60. The molecule has 0 radical (unpaired) electrons. The van der Waals surface area contributed by atoms with Gasteiger partial charge in [0.05, 0.1) is 16.2 Å². The fourth-order valence-electron chi connectivity index (χ4n) is 2.19. The van der Waals surface area contributed by atoms with Crippen molar-refractivity contribution in [3.63, 3.8) is 0 Å². The standard InChI is InChI=1S/C17H18BrN3O5S2/c1-2-9-20-27(23,24)11-12-3-5-13(6-4-12)21-17(22)15-10-14(28(19,25)26)7-8-16(15)18/h2-8,10,20H,1,9,11H2,(H,21,22)(H2,19,25,26).